The van der Waals surface area contributed by atoms with Crippen molar-refractivity contribution in [1.82, 2.24) is 10.6 Å². The first-order chi connectivity index (χ1) is 10.7. The zero-order valence-electron chi connectivity index (χ0n) is 13.5. The van der Waals surface area contributed by atoms with Crippen LogP contribution >= 0.6 is 0 Å². The molecule has 22 heavy (non-hydrogen) atoms. The first-order valence-electron chi connectivity index (χ1n) is 8.08. The monoisotopic (exact) mass is 307 g/mol. The van der Waals surface area contributed by atoms with Gasteiger partial charge < -0.3 is 15.4 Å². The van der Waals surface area contributed by atoms with Crippen molar-refractivity contribution in [1.29, 1.82) is 0 Å². The van der Waals surface area contributed by atoms with Crippen molar-refractivity contribution in [2.75, 3.05) is 26.2 Å². The third-order valence-electron chi connectivity index (χ3n) is 3.81. The average Bonchev–Trinajstić information content (AvgIpc) is 3.00. The van der Waals surface area contributed by atoms with Crippen LogP contribution in [0.5, 0.6) is 0 Å². The molecule has 2 rings (SSSR count). The first kappa shape index (κ1) is 16.7. The molecular weight excluding hydrogens is 281 g/mol. The van der Waals surface area contributed by atoms with Crippen LogP contribution < -0.4 is 10.6 Å². The first-order valence-corrected chi connectivity index (χ1v) is 8.08. The van der Waals surface area contributed by atoms with Gasteiger partial charge in [0, 0.05) is 19.7 Å². The summed E-state index contributed by atoms with van der Waals surface area (Å²) >= 11 is 0. The molecule has 1 saturated heterocycles. The highest BCUT2D eigenvalue weighted by molar-refractivity contribution is 5.79. The number of hydrogen-bond acceptors (Lipinski definition) is 2. The Morgan fingerprint density at radius 2 is 2.27 bits per heavy atom. The van der Waals surface area contributed by atoms with Gasteiger partial charge in [0.2, 0.25) is 0 Å². The van der Waals surface area contributed by atoms with E-state index in [4.69, 9.17) is 4.74 Å². The topological polar surface area (TPSA) is 45.7 Å². The predicted octanol–water partition coefficient (Wildman–Crippen LogP) is 2.41. The Hall–Kier alpha value is -1.62. The van der Waals surface area contributed by atoms with Crippen molar-refractivity contribution in [3.63, 3.8) is 0 Å². The lowest BCUT2D eigenvalue weighted by molar-refractivity contribution is 0.117. The zero-order chi connectivity index (χ0) is 15.8. The van der Waals surface area contributed by atoms with Crippen molar-refractivity contribution in [3.05, 3.63) is 35.1 Å². The molecule has 1 atom stereocenters. The van der Waals surface area contributed by atoms with Gasteiger partial charge in [-0.3, -0.25) is 4.99 Å². The molecule has 1 unspecified atom stereocenters. The molecule has 0 radical (unpaired) electrons. The Labute approximate surface area is 132 Å². The van der Waals surface area contributed by atoms with Crippen LogP contribution in [0.3, 0.4) is 0 Å². The summed E-state index contributed by atoms with van der Waals surface area (Å²) in [6, 6.07) is 4.94. The Balaban J connectivity index is 1.81. The van der Waals surface area contributed by atoms with E-state index in [0.717, 1.165) is 56.0 Å². The van der Waals surface area contributed by atoms with E-state index < -0.39 is 0 Å². The molecule has 0 spiro atoms. The number of benzene rings is 1. The van der Waals surface area contributed by atoms with E-state index in [0.29, 0.717) is 6.54 Å². The maximum absolute atomic E-state index is 13.1. The largest absolute Gasteiger partial charge is 0.376 e. The second-order valence-electron chi connectivity index (χ2n) is 5.60. The van der Waals surface area contributed by atoms with Crippen LogP contribution in [-0.4, -0.2) is 38.3 Å². The molecule has 1 aliphatic rings. The fourth-order valence-corrected chi connectivity index (χ4v) is 2.58. The molecular formula is C17H26FN3O. The Morgan fingerprint density at radius 1 is 1.41 bits per heavy atom. The van der Waals surface area contributed by atoms with E-state index in [-0.39, 0.29) is 11.9 Å². The van der Waals surface area contributed by atoms with Gasteiger partial charge in [0.25, 0.3) is 0 Å². The van der Waals surface area contributed by atoms with Crippen LogP contribution in [-0.2, 0) is 11.2 Å². The molecule has 5 heteroatoms. The van der Waals surface area contributed by atoms with Crippen molar-refractivity contribution in [3.8, 4) is 0 Å². The van der Waals surface area contributed by atoms with E-state index in [2.05, 4.69) is 15.6 Å². The molecule has 0 aromatic heterocycles. The van der Waals surface area contributed by atoms with Crippen molar-refractivity contribution < 1.29 is 9.13 Å². The molecule has 1 heterocycles. The van der Waals surface area contributed by atoms with Crippen LogP contribution in [0.2, 0.25) is 0 Å². The van der Waals surface area contributed by atoms with Crippen molar-refractivity contribution >= 4 is 5.96 Å². The van der Waals surface area contributed by atoms with E-state index in [1.54, 1.807) is 6.07 Å². The average molecular weight is 307 g/mol. The SMILES string of the molecule is CCNC(=NCC1CCCO1)NCCc1ccc(F)cc1C. The highest BCUT2D eigenvalue weighted by atomic mass is 19.1. The Bertz CT molecular complexity index is 499. The maximum atomic E-state index is 13.1. The van der Waals surface area contributed by atoms with E-state index in [1.165, 1.54) is 6.07 Å². The summed E-state index contributed by atoms with van der Waals surface area (Å²) in [7, 11) is 0. The van der Waals surface area contributed by atoms with Gasteiger partial charge in [0.15, 0.2) is 5.96 Å². The molecule has 122 valence electrons. The minimum Gasteiger partial charge on any atom is -0.376 e. The fourth-order valence-electron chi connectivity index (χ4n) is 2.58. The highest BCUT2D eigenvalue weighted by Gasteiger charge is 2.14. The molecule has 0 bridgehead atoms. The van der Waals surface area contributed by atoms with Crippen LogP contribution in [0, 0.1) is 12.7 Å². The number of nitrogens with one attached hydrogen (secondary N) is 2. The number of guanidine groups is 1. The summed E-state index contributed by atoms with van der Waals surface area (Å²) in [5.74, 6) is 0.637. The number of ether oxygens (including phenoxy) is 1. The second-order valence-corrected chi connectivity index (χ2v) is 5.60. The second kappa shape index (κ2) is 8.73. The molecule has 0 saturated carbocycles. The number of nitrogens with zero attached hydrogens (tertiary/aromatic N) is 1. The van der Waals surface area contributed by atoms with Gasteiger partial charge in [0.1, 0.15) is 5.82 Å². The van der Waals surface area contributed by atoms with Gasteiger partial charge in [-0.15, -0.1) is 0 Å². The summed E-state index contributed by atoms with van der Waals surface area (Å²) in [6.45, 7) is 7.14. The number of hydrogen-bond donors (Lipinski definition) is 2. The Morgan fingerprint density at radius 3 is 2.95 bits per heavy atom. The van der Waals surface area contributed by atoms with Gasteiger partial charge >= 0.3 is 0 Å². The summed E-state index contributed by atoms with van der Waals surface area (Å²) in [5.41, 5.74) is 2.15. The van der Waals surface area contributed by atoms with E-state index in [1.807, 2.05) is 19.9 Å². The summed E-state index contributed by atoms with van der Waals surface area (Å²) < 4.78 is 18.7. The molecule has 1 aromatic rings. The van der Waals surface area contributed by atoms with E-state index in [9.17, 15) is 4.39 Å². The number of rotatable bonds is 6. The van der Waals surface area contributed by atoms with Crippen molar-refractivity contribution in [2.24, 2.45) is 4.99 Å². The number of aliphatic imine (C=N–C) groups is 1. The lowest BCUT2D eigenvalue weighted by Crippen LogP contribution is -2.39. The van der Waals surface area contributed by atoms with Gasteiger partial charge in [-0.2, -0.15) is 0 Å². The van der Waals surface area contributed by atoms with Gasteiger partial charge in [-0.05, 0) is 56.4 Å². The predicted molar refractivity (Wildman–Crippen MR) is 87.8 cm³/mol. The smallest absolute Gasteiger partial charge is 0.191 e. The molecule has 1 aliphatic heterocycles. The van der Waals surface area contributed by atoms with Crippen molar-refractivity contribution in [2.45, 2.75) is 39.2 Å². The third kappa shape index (κ3) is 5.30. The van der Waals surface area contributed by atoms with Crippen LogP contribution in [0.4, 0.5) is 4.39 Å². The molecule has 1 fully saturated rings. The lowest BCUT2D eigenvalue weighted by Gasteiger charge is -2.13. The lowest BCUT2D eigenvalue weighted by atomic mass is 10.1. The number of aryl methyl sites for hydroxylation is 1. The quantitative estimate of drug-likeness (QED) is 0.627. The molecule has 2 N–H and O–H groups in total. The summed E-state index contributed by atoms with van der Waals surface area (Å²) in [4.78, 5) is 4.57. The van der Waals surface area contributed by atoms with Crippen LogP contribution in [0.25, 0.3) is 0 Å². The van der Waals surface area contributed by atoms with Crippen LogP contribution in [0.15, 0.2) is 23.2 Å². The normalized spacial score (nSPS) is 18.5. The standard InChI is InChI=1S/C17H26FN3O/c1-3-19-17(21-12-16-5-4-10-22-16)20-9-8-14-6-7-15(18)11-13(14)2/h6-7,11,16H,3-5,8-10,12H2,1-2H3,(H2,19,20,21). The molecule has 4 nitrogen and oxygen atoms in total. The van der Waals surface area contributed by atoms with Gasteiger partial charge in [0.05, 0.1) is 12.6 Å². The zero-order valence-corrected chi connectivity index (χ0v) is 13.5. The summed E-state index contributed by atoms with van der Waals surface area (Å²) in [6.07, 6.45) is 3.33. The number of halogens is 1. The molecule has 0 amide bonds. The summed E-state index contributed by atoms with van der Waals surface area (Å²) in [5, 5.41) is 6.56. The van der Waals surface area contributed by atoms with Crippen LogP contribution in [0.1, 0.15) is 30.9 Å². The molecule has 1 aromatic carbocycles. The molecule has 0 aliphatic carbocycles. The fraction of sp³-hybridized carbons (Fsp3) is 0.588. The minimum absolute atomic E-state index is 0.180. The highest BCUT2D eigenvalue weighted by Crippen LogP contribution is 2.12. The minimum atomic E-state index is -0.180. The maximum Gasteiger partial charge on any atom is 0.191 e. The Kier molecular flexibility index (Phi) is 6.65. The third-order valence-corrected chi connectivity index (χ3v) is 3.81. The van der Waals surface area contributed by atoms with Gasteiger partial charge in [-0.25, -0.2) is 4.39 Å². The van der Waals surface area contributed by atoms with Gasteiger partial charge in [-0.1, -0.05) is 6.07 Å². The van der Waals surface area contributed by atoms with E-state index >= 15 is 0 Å².